The number of anilines is 3. The Balaban J connectivity index is 1.22. The van der Waals surface area contributed by atoms with Crippen molar-refractivity contribution in [1.29, 1.82) is 0 Å². The van der Waals surface area contributed by atoms with E-state index in [1.54, 1.807) is 0 Å². The maximum atomic E-state index is 6.79. The molecule has 2 aliphatic rings. The van der Waals surface area contributed by atoms with Gasteiger partial charge in [-0.1, -0.05) is 147 Å². The zero-order valence-corrected chi connectivity index (χ0v) is 34.7. The standard InChI is InChI=1S/C58H43NO2/c1-5-15-40-36(4)60-56-34-53-48(33-49(40)56)44-19-9-12-23-51(44)58(53)50-22-11-8-18-43(50)41-16-6-7-17-42(41)45-31-30-39(32-52(45)58)59(38-28-26-37(27-29-38)35(2)3)54-24-14-21-47-46-20-10-13-25-55(46)61-57(47)54/h5-35H,1-4H3/b15-5-. The molecule has 1 spiro atoms. The Hall–Kier alpha value is -7.36. The van der Waals surface area contributed by atoms with E-state index in [0.717, 1.165) is 61.3 Å². The molecule has 2 heterocycles. The van der Waals surface area contributed by atoms with Crippen LogP contribution in [-0.2, 0) is 5.41 Å². The van der Waals surface area contributed by atoms with Crippen LogP contribution < -0.4 is 4.90 Å². The third kappa shape index (κ3) is 4.98. The van der Waals surface area contributed by atoms with Crippen molar-refractivity contribution in [3.8, 4) is 33.4 Å². The highest BCUT2D eigenvalue weighted by Gasteiger charge is 2.50. The van der Waals surface area contributed by atoms with Gasteiger partial charge in [-0.3, -0.25) is 0 Å². The van der Waals surface area contributed by atoms with Crippen molar-refractivity contribution in [1.82, 2.24) is 0 Å². The average Bonchev–Trinajstić information content (AvgIpc) is 3.90. The van der Waals surface area contributed by atoms with Gasteiger partial charge in [-0.2, -0.15) is 0 Å². The largest absolute Gasteiger partial charge is 0.461 e. The first-order chi connectivity index (χ1) is 29.9. The van der Waals surface area contributed by atoms with Gasteiger partial charge in [0.1, 0.15) is 16.9 Å². The van der Waals surface area contributed by atoms with Crippen LogP contribution in [-0.4, -0.2) is 0 Å². The third-order valence-corrected chi connectivity index (χ3v) is 13.4. The van der Waals surface area contributed by atoms with Crippen molar-refractivity contribution in [3.63, 3.8) is 0 Å². The third-order valence-electron chi connectivity index (χ3n) is 13.4. The first-order valence-corrected chi connectivity index (χ1v) is 21.4. The number of fused-ring (bicyclic) bond motifs is 16. The van der Waals surface area contributed by atoms with Crippen molar-refractivity contribution in [2.75, 3.05) is 4.90 Å². The molecule has 3 heteroatoms. The van der Waals surface area contributed by atoms with Gasteiger partial charge >= 0.3 is 0 Å². The first kappa shape index (κ1) is 35.6. The zero-order chi connectivity index (χ0) is 41.0. The molecule has 0 saturated carbocycles. The molecule has 10 aromatic rings. The number of nitrogens with zero attached hydrogens (tertiary/aromatic N) is 1. The molecule has 0 amide bonds. The second-order valence-corrected chi connectivity index (χ2v) is 16.9. The lowest BCUT2D eigenvalue weighted by Gasteiger charge is -2.36. The van der Waals surface area contributed by atoms with E-state index in [9.17, 15) is 0 Å². The number of hydrogen-bond acceptors (Lipinski definition) is 3. The van der Waals surface area contributed by atoms with Crippen LogP contribution in [0.2, 0.25) is 0 Å². The monoisotopic (exact) mass is 785 g/mol. The molecule has 1 unspecified atom stereocenters. The van der Waals surface area contributed by atoms with Crippen LogP contribution in [0, 0.1) is 6.92 Å². The molecule has 12 rings (SSSR count). The van der Waals surface area contributed by atoms with Crippen molar-refractivity contribution in [2.45, 2.75) is 39.0 Å². The molecule has 2 aliphatic carbocycles. The quantitative estimate of drug-likeness (QED) is 0.174. The van der Waals surface area contributed by atoms with Crippen molar-refractivity contribution in [2.24, 2.45) is 0 Å². The number of allylic oxidation sites excluding steroid dienone is 1. The molecule has 61 heavy (non-hydrogen) atoms. The average molecular weight is 786 g/mol. The number of para-hydroxylation sites is 2. The Morgan fingerprint density at radius 2 is 1.10 bits per heavy atom. The summed E-state index contributed by atoms with van der Waals surface area (Å²) in [6, 6.07) is 62.9. The number of rotatable bonds is 5. The summed E-state index contributed by atoms with van der Waals surface area (Å²) in [4.78, 5) is 2.40. The van der Waals surface area contributed by atoms with Gasteiger partial charge in [0.25, 0.3) is 0 Å². The fourth-order valence-electron chi connectivity index (χ4n) is 10.7. The normalized spacial score (nSPS) is 15.0. The highest BCUT2D eigenvalue weighted by molar-refractivity contribution is 6.10. The van der Waals surface area contributed by atoms with Gasteiger partial charge in [0, 0.05) is 33.1 Å². The van der Waals surface area contributed by atoms with E-state index in [-0.39, 0.29) is 0 Å². The predicted octanol–water partition coefficient (Wildman–Crippen LogP) is 16.3. The molecule has 8 aromatic carbocycles. The van der Waals surface area contributed by atoms with Gasteiger partial charge in [0.05, 0.1) is 11.1 Å². The molecule has 2 aromatic heterocycles. The lowest BCUT2D eigenvalue weighted by molar-refractivity contribution is 0.576. The summed E-state index contributed by atoms with van der Waals surface area (Å²) in [5, 5.41) is 3.34. The molecule has 0 bridgehead atoms. The second-order valence-electron chi connectivity index (χ2n) is 16.9. The Labute approximate surface area is 355 Å². The summed E-state index contributed by atoms with van der Waals surface area (Å²) in [6.07, 6.45) is 4.28. The SMILES string of the molecule is C/C=C\c1c(C)oc2cc3c(cc12)-c1ccccc1C31c2ccccc2-c2ccccc2-c2ccc(N(c3ccc(C(C)C)cc3)c3cccc4c3oc3ccccc34)cc21. The van der Waals surface area contributed by atoms with E-state index in [2.05, 4.69) is 209 Å². The van der Waals surface area contributed by atoms with Gasteiger partial charge in [-0.15, -0.1) is 0 Å². The Morgan fingerprint density at radius 3 is 1.82 bits per heavy atom. The van der Waals surface area contributed by atoms with Crippen LogP contribution in [0.3, 0.4) is 0 Å². The fourth-order valence-corrected chi connectivity index (χ4v) is 10.7. The molecule has 0 aliphatic heterocycles. The predicted molar refractivity (Wildman–Crippen MR) is 253 cm³/mol. The van der Waals surface area contributed by atoms with Crippen LogP contribution in [0.5, 0.6) is 0 Å². The van der Waals surface area contributed by atoms with Crippen LogP contribution in [0.4, 0.5) is 17.1 Å². The highest BCUT2D eigenvalue weighted by Crippen LogP contribution is 2.63. The number of hydrogen-bond donors (Lipinski definition) is 0. The highest BCUT2D eigenvalue weighted by atomic mass is 16.3. The molecule has 0 saturated heterocycles. The molecule has 1 atom stereocenters. The Kier molecular flexibility index (Phi) is 7.77. The van der Waals surface area contributed by atoms with Gasteiger partial charge in [-0.25, -0.2) is 0 Å². The summed E-state index contributed by atoms with van der Waals surface area (Å²) >= 11 is 0. The maximum Gasteiger partial charge on any atom is 0.159 e. The molecule has 0 radical (unpaired) electrons. The van der Waals surface area contributed by atoms with Gasteiger partial charge < -0.3 is 13.7 Å². The Bertz CT molecular complexity index is 3430. The number of aryl methyl sites for hydroxylation is 1. The smallest absolute Gasteiger partial charge is 0.159 e. The van der Waals surface area contributed by atoms with E-state index in [1.165, 1.54) is 61.2 Å². The number of benzene rings is 8. The molecular weight excluding hydrogens is 743 g/mol. The minimum absolute atomic E-state index is 0.412. The summed E-state index contributed by atoms with van der Waals surface area (Å²) in [6.45, 7) is 8.65. The molecular formula is C58H43NO2. The Morgan fingerprint density at radius 1 is 0.492 bits per heavy atom. The van der Waals surface area contributed by atoms with Crippen molar-refractivity contribution < 1.29 is 8.83 Å². The lowest BCUT2D eigenvalue weighted by atomic mass is 9.65. The van der Waals surface area contributed by atoms with Gasteiger partial charge in [-0.05, 0) is 129 Å². The molecule has 292 valence electrons. The van der Waals surface area contributed by atoms with E-state index in [0.29, 0.717) is 5.92 Å². The first-order valence-electron chi connectivity index (χ1n) is 21.4. The van der Waals surface area contributed by atoms with Crippen LogP contribution in [0.1, 0.15) is 65.8 Å². The van der Waals surface area contributed by atoms with E-state index in [4.69, 9.17) is 8.83 Å². The number of furan rings is 2. The second kappa shape index (κ2) is 13.3. The summed E-state index contributed by atoms with van der Waals surface area (Å²) < 4.78 is 13.5. The van der Waals surface area contributed by atoms with Crippen LogP contribution >= 0.6 is 0 Å². The maximum absolute atomic E-state index is 6.79. The minimum Gasteiger partial charge on any atom is -0.461 e. The lowest BCUT2D eigenvalue weighted by Crippen LogP contribution is -2.29. The molecule has 0 fully saturated rings. The van der Waals surface area contributed by atoms with Crippen LogP contribution in [0.15, 0.2) is 185 Å². The fraction of sp³-hybridized carbons (Fsp3) is 0.103. The topological polar surface area (TPSA) is 29.5 Å². The van der Waals surface area contributed by atoms with E-state index < -0.39 is 5.41 Å². The van der Waals surface area contributed by atoms with Gasteiger partial charge in [0.2, 0.25) is 0 Å². The molecule has 0 N–H and O–H groups in total. The zero-order valence-electron chi connectivity index (χ0n) is 34.7. The van der Waals surface area contributed by atoms with Crippen molar-refractivity contribution >= 4 is 56.0 Å². The minimum atomic E-state index is -0.693. The van der Waals surface area contributed by atoms with E-state index in [1.807, 2.05) is 6.07 Å². The summed E-state index contributed by atoms with van der Waals surface area (Å²) in [7, 11) is 0. The van der Waals surface area contributed by atoms with E-state index >= 15 is 0 Å². The molecule has 3 nitrogen and oxygen atoms in total. The summed E-state index contributed by atoms with van der Waals surface area (Å²) in [5.74, 6) is 1.34. The van der Waals surface area contributed by atoms with Gasteiger partial charge in [0.15, 0.2) is 5.58 Å². The van der Waals surface area contributed by atoms with Crippen LogP contribution in [0.25, 0.3) is 72.4 Å². The van der Waals surface area contributed by atoms with Crippen molar-refractivity contribution in [3.05, 3.63) is 215 Å². The summed E-state index contributed by atoms with van der Waals surface area (Å²) in [5.41, 5.74) is 19.9.